The van der Waals surface area contributed by atoms with Gasteiger partial charge in [0.05, 0.1) is 23.5 Å². The summed E-state index contributed by atoms with van der Waals surface area (Å²) in [5.74, 6) is 0. The molecule has 0 unspecified atom stereocenters. The van der Waals surface area contributed by atoms with Crippen LogP contribution in [-0.2, 0) is 5.41 Å². The van der Waals surface area contributed by atoms with E-state index in [1.54, 1.807) is 4.68 Å². The monoisotopic (exact) mass is 404 g/mol. The molecule has 3 rings (SSSR count). The highest BCUT2D eigenvalue weighted by Gasteiger charge is 2.20. The quantitative estimate of drug-likeness (QED) is 0.627. The molecular formula is C25H32N4O. The van der Waals surface area contributed by atoms with E-state index < -0.39 is 0 Å². The average molecular weight is 405 g/mol. The molecule has 30 heavy (non-hydrogen) atoms. The van der Waals surface area contributed by atoms with Gasteiger partial charge in [0.25, 0.3) is 5.56 Å². The number of nitrogens with one attached hydrogen (secondary N) is 1. The van der Waals surface area contributed by atoms with Crippen LogP contribution in [0.1, 0.15) is 43.2 Å². The highest BCUT2D eigenvalue weighted by atomic mass is 16.1. The van der Waals surface area contributed by atoms with E-state index in [0.29, 0.717) is 12.1 Å². The second kappa shape index (κ2) is 8.84. The van der Waals surface area contributed by atoms with Crippen LogP contribution in [-0.4, -0.2) is 47.6 Å². The zero-order chi connectivity index (χ0) is 21.9. The smallest absolute Gasteiger partial charge is 0.280 e. The lowest BCUT2D eigenvalue weighted by Gasteiger charge is -2.19. The number of likely N-dealkylation sites (N-methyl/N-ethyl adjacent to an activating group) is 1. The van der Waals surface area contributed by atoms with Gasteiger partial charge in [-0.1, -0.05) is 63.2 Å². The van der Waals surface area contributed by atoms with Gasteiger partial charge in [-0.2, -0.15) is 0 Å². The number of aryl methyl sites for hydroxylation is 1. The Balaban J connectivity index is 2.10. The SMILES string of the molecule is Cc1[nH]n(-c2ccccc2)c(=O)c1C(=NCCN(C)C)c1ccc(C(C)(C)C)cc1. The van der Waals surface area contributed by atoms with Crippen molar-refractivity contribution in [3.63, 3.8) is 0 Å². The van der Waals surface area contributed by atoms with Gasteiger partial charge in [0.1, 0.15) is 0 Å². The van der Waals surface area contributed by atoms with Crippen LogP contribution in [0.15, 0.2) is 64.4 Å². The number of aromatic nitrogens is 2. The van der Waals surface area contributed by atoms with Gasteiger partial charge in [0, 0.05) is 17.8 Å². The summed E-state index contributed by atoms with van der Waals surface area (Å²) < 4.78 is 1.59. The Morgan fingerprint density at radius 1 is 1.03 bits per heavy atom. The zero-order valence-corrected chi connectivity index (χ0v) is 18.9. The highest BCUT2D eigenvalue weighted by Crippen LogP contribution is 2.23. The van der Waals surface area contributed by atoms with Gasteiger partial charge in [0.15, 0.2) is 0 Å². The minimum absolute atomic E-state index is 0.0742. The van der Waals surface area contributed by atoms with Crippen LogP contribution in [0.2, 0.25) is 0 Å². The van der Waals surface area contributed by atoms with Crippen LogP contribution < -0.4 is 5.56 Å². The van der Waals surface area contributed by atoms with Crippen molar-refractivity contribution in [3.05, 3.63) is 87.3 Å². The molecule has 0 spiro atoms. The molecule has 0 aliphatic carbocycles. The van der Waals surface area contributed by atoms with Crippen molar-refractivity contribution in [2.75, 3.05) is 27.2 Å². The van der Waals surface area contributed by atoms with Crippen molar-refractivity contribution in [2.45, 2.75) is 33.1 Å². The summed E-state index contributed by atoms with van der Waals surface area (Å²) in [6.07, 6.45) is 0. The molecule has 0 radical (unpaired) electrons. The number of hydrogen-bond donors (Lipinski definition) is 1. The third kappa shape index (κ3) is 4.79. The van der Waals surface area contributed by atoms with Crippen molar-refractivity contribution in [2.24, 2.45) is 4.99 Å². The van der Waals surface area contributed by atoms with Crippen molar-refractivity contribution < 1.29 is 0 Å². The topological polar surface area (TPSA) is 53.4 Å². The number of aliphatic imine (C=N–C) groups is 1. The molecule has 0 amide bonds. The molecule has 2 aromatic carbocycles. The second-order valence-electron chi connectivity index (χ2n) is 8.95. The Kier molecular flexibility index (Phi) is 6.42. The summed E-state index contributed by atoms with van der Waals surface area (Å²) in [5, 5.41) is 3.23. The van der Waals surface area contributed by atoms with E-state index in [4.69, 9.17) is 4.99 Å². The first kappa shape index (κ1) is 21.8. The first-order valence-corrected chi connectivity index (χ1v) is 10.4. The Labute approximate surface area is 179 Å². The van der Waals surface area contributed by atoms with Gasteiger partial charge in [-0.05, 0) is 44.1 Å². The van der Waals surface area contributed by atoms with Crippen molar-refractivity contribution >= 4 is 5.71 Å². The van der Waals surface area contributed by atoms with E-state index in [9.17, 15) is 4.79 Å². The Bertz CT molecular complexity index is 1070. The van der Waals surface area contributed by atoms with Gasteiger partial charge in [0.2, 0.25) is 0 Å². The van der Waals surface area contributed by atoms with Crippen LogP contribution in [0.4, 0.5) is 0 Å². The lowest BCUT2D eigenvalue weighted by atomic mass is 9.86. The van der Waals surface area contributed by atoms with Crippen LogP contribution in [0.25, 0.3) is 5.69 Å². The van der Waals surface area contributed by atoms with Crippen LogP contribution in [0.3, 0.4) is 0 Å². The van der Waals surface area contributed by atoms with E-state index in [1.807, 2.05) is 51.4 Å². The largest absolute Gasteiger partial charge is 0.308 e. The van der Waals surface area contributed by atoms with E-state index >= 15 is 0 Å². The van der Waals surface area contributed by atoms with E-state index in [0.717, 1.165) is 29.2 Å². The fourth-order valence-electron chi connectivity index (χ4n) is 3.39. The molecule has 1 aromatic heterocycles. The number of H-pyrrole nitrogens is 1. The third-order valence-corrected chi connectivity index (χ3v) is 5.16. The molecule has 0 aliphatic heterocycles. The maximum atomic E-state index is 13.4. The molecule has 0 aliphatic rings. The van der Waals surface area contributed by atoms with Gasteiger partial charge in [-0.3, -0.25) is 14.9 Å². The predicted molar refractivity (Wildman–Crippen MR) is 125 cm³/mol. The molecule has 0 saturated heterocycles. The molecule has 3 aromatic rings. The highest BCUT2D eigenvalue weighted by molar-refractivity contribution is 6.13. The Morgan fingerprint density at radius 2 is 1.67 bits per heavy atom. The average Bonchev–Trinajstić information content (AvgIpc) is 2.99. The fourth-order valence-corrected chi connectivity index (χ4v) is 3.39. The second-order valence-corrected chi connectivity index (χ2v) is 8.95. The van der Waals surface area contributed by atoms with Crippen molar-refractivity contribution in [3.8, 4) is 5.69 Å². The maximum absolute atomic E-state index is 13.4. The molecule has 0 saturated carbocycles. The molecule has 158 valence electrons. The number of benzene rings is 2. The Hall–Kier alpha value is -2.92. The van der Waals surface area contributed by atoms with E-state index in [2.05, 4.69) is 55.0 Å². The summed E-state index contributed by atoms with van der Waals surface area (Å²) in [7, 11) is 4.05. The summed E-state index contributed by atoms with van der Waals surface area (Å²) in [5.41, 5.74) is 5.20. The molecule has 1 N–H and O–H groups in total. The molecule has 5 heteroatoms. The summed E-state index contributed by atoms with van der Waals surface area (Å²) in [4.78, 5) is 20.3. The Morgan fingerprint density at radius 3 is 2.23 bits per heavy atom. The summed E-state index contributed by atoms with van der Waals surface area (Å²) in [6.45, 7) is 9.97. The van der Waals surface area contributed by atoms with Gasteiger partial charge < -0.3 is 4.90 Å². The summed E-state index contributed by atoms with van der Waals surface area (Å²) >= 11 is 0. The third-order valence-electron chi connectivity index (χ3n) is 5.16. The lowest BCUT2D eigenvalue weighted by molar-refractivity contribution is 0.420. The van der Waals surface area contributed by atoms with Crippen LogP contribution >= 0.6 is 0 Å². The van der Waals surface area contributed by atoms with Crippen molar-refractivity contribution in [1.82, 2.24) is 14.7 Å². The van der Waals surface area contributed by atoms with Crippen LogP contribution in [0, 0.1) is 6.92 Å². The first-order chi connectivity index (χ1) is 14.2. The number of aromatic amines is 1. The van der Waals surface area contributed by atoms with Crippen molar-refractivity contribution in [1.29, 1.82) is 0 Å². The van der Waals surface area contributed by atoms with Gasteiger partial charge in [-0.15, -0.1) is 0 Å². The summed E-state index contributed by atoms with van der Waals surface area (Å²) in [6, 6.07) is 18.1. The number of rotatable bonds is 6. The molecule has 5 nitrogen and oxygen atoms in total. The van der Waals surface area contributed by atoms with Gasteiger partial charge >= 0.3 is 0 Å². The molecule has 0 fully saturated rings. The van der Waals surface area contributed by atoms with E-state index in [1.165, 1.54) is 5.56 Å². The number of para-hydroxylation sites is 1. The molecular weight excluding hydrogens is 372 g/mol. The van der Waals surface area contributed by atoms with Gasteiger partial charge in [-0.25, -0.2) is 4.68 Å². The number of hydrogen-bond acceptors (Lipinski definition) is 3. The molecule has 0 bridgehead atoms. The predicted octanol–water partition coefficient (Wildman–Crippen LogP) is 4.17. The minimum atomic E-state index is -0.0813. The maximum Gasteiger partial charge on any atom is 0.280 e. The lowest BCUT2D eigenvalue weighted by Crippen LogP contribution is -2.23. The standard InChI is InChI=1S/C25H32N4O/c1-18-22(24(30)29(27-18)21-10-8-7-9-11-21)23(26-16-17-28(5)6)19-12-14-20(15-13-19)25(2,3)4/h7-15,27H,16-17H2,1-6H3. The number of nitrogens with zero attached hydrogens (tertiary/aromatic N) is 3. The van der Waals surface area contributed by atoms with E-state index in [-0.39, 0.29) is 11.0 Å². The molecule has 1 heterocycles. The molecule has 0 atom stereocenters. The minimum Gasteiger partial charge on any atom is -0.308 e. The first-order valence-electron chi connectivity index (χ1n) is 10.4. The fraction of sp³-hybridized carbons (Fsp3) is 0.360. The zero-order valence-electron chi connectivity index (χ0n) is 18.9. The van der Waals surface area contributed by atoms with Crippen LogP contribution in [0.5, 0.6) is 0 Å². The normalized spacial score (nSPS) is 12.6.